The van der Waals surface area contributed by atoms with E-state index in [2.05, 4.69) is 10.3 Å². The summed E-state index contributed by atoms with van der Waals surface area (Å²) in [5, 5.41) is 12.5. The van der Waals surface area contributed by atoms with Crippen LogP contribution in [0.15, 0.2) is 66.9 Å². The number of aliphatic carboxylic acids is 1. The zero-order valence-corrected chi connectivity index (χ0v) is 19.8. The van der Waals surface area contributed by atoms with E-state index in [9.17, 15) is 14.0 Å². The molecule has 0 fully saturated rings. The molecule has 8 heteroatoms. The van der Waals surface area contributed by atoms with Crippen molar-refractivity contribution < 1.29 is 23.8 Å². The van der Waals surface area contributed by atoms with Crippen LogP contribution in [0.1, 0.15) is 40.7 Å². The largest absolute Gasteiger partial charge is 0.497 e. The van der Waals surface area contributed by atoms with E-state index in [4.69, 9.17) is 14.8 Å². The smallest absolute Gasteiger partial charge is 0.303 e. The number of nitrogens with zero attached hydrogens (tertiary/aromatic N) is 2. The lowest BCUT2D eigenvalue weighted by molar-refractivity contribution is -0.137. The average molecular weight is 488 g/mol. The van der Waals surface area contributed by atoms with Crippen molar-refractivity contribution in [2.24, 2.45) is 0 Å². The van der Waals surface area contributed by atoms with E-state index in [0.29, 0.717) is 48.1 Å². The lowest BCUT2D eigenvalue weighted by atomic mass is 9.99. The number of carboxylic acids is 1. The Morgan fingerprint density at radius 2 is 1.78 bits per heavy atom. The molecule has 7 nitrogen and oxygen atoms in total. The zero-order valence-electron chi connectivity index (χ0n) is 19.8. The quantitative estimate of drug-likeness (QED) is 0.299. The van der Waals surface area contributed by atoms with Gasteiger partial charge < -0.3 is 15.2 Å². The number of fused-ring (bicyclic) bond motifs is 1. The summed E-state index contributed by atoms with van der Waals surface area (Å²) in [6, 6.07) is 17.2. The summed E-state index contributed by atoms with van der Waals surface area (Å²) in [6.07, 6.45) is 3.36. The molecule has 2 heterocycles. The Morgan fingerprint density at radius 1 is 1.03 bits per heavy atom. The highest BCUT2D eigenvalue weighted by molar-refractivity contribution is 5.97. The minimum absolute atomic E-state index is 0.0902. The lowest BCUT2D eigenvalue weighted by Gasteiger charge is -2.12. The highest BCUT2D eigenvalue weighted by Gasteiger charge is 2.14. The van der Waals surface area contributed by atoms with E-state index < -0.39 is 5.97 Å². The number of ether oxygens (including phenoxy) is 1. The highest BCUT2D eigenvalue weighted by atomic mass is 19.1. The minimum atomic E-state index is -0.833. The van der Waals surface area contributed by atoms with Gasteiger partial charge in [-0.15, -0.1) is 0 Å². The summed E-state index contributed by atoms with van der Waals surface area (Å²) >= 11 is 0. The molecule has 0 unspecified atom stereocenters. The van der Waals surface area contributed by atoms with Crippen molar-refractivity contribution in [3.8, 4) is 17.0 Å². The third kappa shape index (κ3) is 6.21. The molecule has 0 spiro atoms. The molecule has 0 saturated carbocycles. The third-order valence-electron chi connectivity index (χ3n) is 5.83. The highest BCUT2D eigenvalue weighted by Crippen LogP contribution is 2.27. The van der Waals surface area contributed by atoms with Crippen LogP contribution in [-0.4, -0.2) is 34.1 Å². The number of nitrogens with one attached hydrogen (secondary N) is 1. The van der Waals surface area contributed by atoms with Crippen LogP contribution in [0.5, 0.6) is 5.75 Å². The van der Waals surface area contributed by atoms with Gasteiger partial charge in [0.1, 0.15) is 11.6 Å². The second-order valence-corrected chi connectivity index (χ2v) is 8.41. The van der Waals surface area contributed by atoms with Gasteiger partial charge in [0.15, 0.2) is 5.65 Å². The van der Waals surface area contributed by atoms with Gasteiger partial charge in [-0.2, -0.15) is 0 Å². The molecule has 0 aliphatic rings. The number of hydrogen-bond donors (Lipinski definition) is 2. The van der Waals surface area contributed by atoms with Gasteiger partial charge >= 0.3 is 5.97 Å². The molecule has 0 aliphatic heterocycles. The average Bonchev–Trinajstić information content (AvgIpc) is 2.89. The van der Waals surface area contributed by atoms with Gasteiger partial charge in [-0.05, 0) is 78.9 Å². The summed E-state index contributed by atoms with van der Waals surface area (Å²) in [5.41, 5.74) is 4.11. The third-order valence-corrected chi connectivity index (χ3v) is 5.83. The lowest BCUT2D eigenvalue weighted by Crippen LogP contribution is -2.22. The predicted molar refractivity (Wildman–Crippen MR) is 134 cm³/mol. The Hall–Kier alpha value is -4.33. The molecular weight excluding hydrogens is 461 g/mol. The molecule has 184 valence electrons. The standard InChI is InChI=1S/C28H26FN3O4/c1-36-24-12-6-18(7-13-24)16-31-28(35)22-15-21-14-20(4-2-3-5-25(33)34)26(32-27(21)30-17-22)19-8-10-23(29)11-9-19/h6-15,17H,2-5,16H2,1H3,(H,31,35)(H,33,34). The fourth-order valence-electron chi connectivity index (χ4n) is 3.90. The molecule has 0 radical (unpaired) electrons. The second kappa shape index (κ2) is 11.4. The van der Waals surface area contributed by atoms with Gasteiger partial charge in [0.2, 0.25) is 0 Å². The van der Waals surface area contributed by atoms with Crippen LogP contribution >= 0.6 is 0 Å². The van der Waals surface area contributed by atoms with Crippen molar-refractivity contribution >= 4 is 22.9 Å². The molecule has 0 saturated heterocycles. The van der Waals surface area contributed by atoms with Crippen molar-refractivity contribution in [3.63, 3.8) is 0 Å². The molecule has 2 aromatic carbocycles. The molecule has 0 bridgehead atoms. The fraction of sp³-hybridized carbons (Fsp3) is 0.214. The summed E-state index contributed by atoms with van der Waals surface area (Å²) in [6.45, 7) is 0.359. The van der Waals surface area contributed by atoms with E-state index in [1.165, 1.54) is 18.3 Å². The van der Waals surface area contributed by atoms with Gasteiger partial charge in [-0.3, -0.25) is 9.59 Å². The van der Waals surface area contributed by atoms with Crippen LogP contribution < -0.4 is 10.1 Å². The van der Waals surface area contributed by atoms with Crippen LogP contribution in [0, 0.1) is 5.82 Å². The molecule has 0 aliphatic carbocycles. The Labute approximate surface area is 208 Å². The number of unbranched alkanes of at least 4 members (excludes halogenated alkanes) is 1. The molecule has 4 aromatic rings. The number of halogens is 1. The van der Waals surface area contributed by atoms with Crippen LogP contribution in [0.25, 0.3) is 22.3 Å². The number of rotatable bonds is 10. The number of hydrogen-bond acceptors (Lipinski definition) is 5. The van der Waals surface area contributed by atoms with Crippen molar-refractivity contribution in [2.75, 3.05) is 7.11 Å². The number of carbonyl (C=O) groups is 2. The SMILES string of the molecule is COc1ccc(CNC(=O)c2cnc3nc(-c4ccc(F)cc4)c(CCCCC(=O)O)cc3c2)cc1. The predicted octanol–water partition coefficient (Wildman–Crippen LogP) is 5.17. The minimum Gasteiger partial charge on any atom is -0.497 e. The molecule has 2 N–H and O–H groups in total. The molecule has 4 rings (SSSR count). The van der Waals surface area contributed by atoms with Crippen molar-refractivity contribution in [1.29, 1.82) is 0 Å². The maximum Gasteiger partial charge on any atom is 0.303 e. The van der Waals surface area contributed by atoms with E-state index in [1.807, 2.05) is 30.3 Å². The van der Waals surface area contributed by atoms with Gasteiger partial charge in [-0.1, -0.05) is 12.1 Å². The second-order valence-electron chi connectivity index (χ2n) is 8.41. The molecular formula is C28H26FN3O4. The van der Waals surface area contributed by atoms with Crippen LogP contribution in [0.2, 0.25) is 0 Å². The van der Waals surface area contributed by atoms with Crippen molar-refractivity contribution in [2.45, 2.75) is 32.2 Å². The van der Waals surface area contributed by atoms with Crippen molar-refractivity contribution in [1.82, 2.24) is 15.3 Å². The Balaban J connectivity index is 1.57. The van der Waals surface area contributed by atoms with Gasteiger partial charge in [0.25, 0.3) is 5.91 Å². The summed E-state index contributed by atoms with van der Waals surface area (Å²) in [7, 11) is 1.60. The maximum absolute atomic E-state index is 13.5. The monoisotopic (exact) mass is 487 g/mol. The summed E-state index contributed by atoms with van der Waals surface area (Å²) in [5.74, 6) is -0.688. The number of carboxylic acid groups (broad SMARTS) is 1. The topological polar surface area (TPSA) is 101 Å². The Morgan fingerprint density at radius 3 is 2.47 bits per heavy atom. The number of amides is 1. The van der Waals surface area contributed by atoms with Crippen molar-refractivity contribution in [3.05, 3.63) is 89.4 Å². The summed E-state index contributed by atoms with van der Waals surface area (Å²) < 4.78 is 18.6. The molecule has 1 amide bonds. The Bertz CT molecular complexity index is 1370. The number of aromatic nitrogens is 2. The molecule has 36 heavy (non-hydrogen) atoms. The number of pyridine rings is 2. The number of methoxy groups -OCH3 is 1. The Kier molecular flexibility index (Phi) is 7.85. The van der Waals surface area contributed by atoms with Gasteiger partial charge in [0, 0.05) is 30.1 Å². The van der Waals surface area contributed by atoms with Crippen LogP contribution in [-0.2, 0) is 17.8 Å². The van der Waals surface area contributed by atoms with Crippen LogP contribution in [0.3, 0.4) is 0 Å². The maximum atomic E-state index is 13.5. The van der Waals surface area contributed by atoms with Gasteiger partial charge in [0.05, 0.1) is 18.4 Å². The number of benzene rings is 2. The first-order valence-electron chi connectivity index (χ1n) is 11.6. The first-order valence-corrected chi connectivity index (χ1v) is 11.6. The van der Waals surface area contributed by atoms with Crippen LogP contribution in [0.4, 0.5) is 4.39 Å². The number of aryl methyl sites for hydroxylation is 1. The van der Waals surface area contributed by atoms with E-state index in [-0.39, 0.29) is 18.1 Å². The first kappa shape index (κ1) is 24.8. The van der Waals surface area contributed by atoms with E-state index in [1.54, 1.807) is 25.3 Å². The fourth-order valence-corrected chi connectivity index (χ4v) is 3.90. The number of carbonyl (C=O) groups excluding carboxylic acids is 1. The first-order chi connectivity index (χ1) is 17.4. The zero-order chi connectivity index (χ0) is 25.5. The van der Waals surface area contributed by atoms with E-state index >= 15 is 0 Å². The summed E-state index contributed by atoms with van der Waals surface area (Å²) in [4.78, 5) is 32.8. The molecule has 2 aromatic heterocycles. The molecule has 0 atom stereocenters. The normalized spacial score (nSPS) is 10.8. The van der Waals surface area contributed by atoms with E-state index in [0.717, 1.165) is 22.4 Å². The van der Waals surface area contributed by atoms with Gasteiger partial charge in [-0.25, -0.2) is 14.4 Å².